The van der Waals surface area contributed by atoms with Crippen LogP contribution in [-0.4, -0.2) is 30.5 Å². The zero-order valence-electron chi connectivity index (χ0n) is 9.23. The second-order valence-corrected chi connectivity index (χ2v) is 2.99. The SMILES string of the molecule is CCOC(=O)CC(=O)c1ccc(OC)nc1. The van der Waals surface area contributed by atoms with Gasteiger partial charge < -0.3 is 9.47 Å². The number of carbonyl (C=O) groups is 2. The van der Waals surface area contributed by atoms with Gasteiger partial charge in [0.2, 0.25) is 5.88 Å². The van der Waals surface area contributed by atoms with Crippen LogP contribution in [0.5, 0.6) is 5.88 Å². The first-order chi connectivity index (χ1) is 7.67. The molecule has 1 rings (SSSR count). The topological polar surface area (TPSA) is 65.5 Å². The Kier molecular flexibility index (Phi) is 4.44. The standard InChI is InChI=1S/C11H13NO4/c1-3-16-11(14)6-9(13)8-4-5-10(15-2)12-7-8/h4-5,7H,3,6H2,1-2H3. The molecule has 0 atom stereocenters. The van der Waals surface area contributed by atoms with Crippen molar-refractivity contribution < 1.29 is 19.1 Å². The number of methoxy groups -OCH3 is 1. The maximum Gasteiger partial charge on any atom is 0.313 e. The molecule has 0 bridgehead atoms. The van der Waals surface area contributed by atoms with Crippen molar-refractivity contribution in [3.05, 3.63) is 23.9 Å². The lowest BCUT2D eigenvalue weighted by Crippen LogP contribution is -2.11. The molecule has 86 valence electrons. The zero-order chi connectivity index (χ0) is 12.0. The summed E-state index contributed by atoms with van der Waals surface area (Å²) in [5.41, 5.74) is 0.369. The van der Waals surface area contributed by atoms with E-state index in [2.05, 4.69) is 9.72 Å². The molecule has 5 heteroatoms. The molecule has 0 fully saturated rings. The van der Waals surface area contributed by atoms with E-state index in [4.69, 9.17) is 4.74 Å². The van der Waals surface area contributed by atoms with Gasteiger partial charge in [0.1, 0.15) is 6.42 Å². The van der Waals surface area contributed by atoms with Crippen molar-refractivity contribution in [2.24, 2.45) is 0 Å². The minimum Gasteiger partial charge on any atom is -0.481 e. The van der Waals surface area contributed by atoms with E-state index in [0.717, 1.165) is 0 Å². The first kappa shape index (κ1) is 12.2. The molecular formula is C11H13NO4. The number of Topliss-reactive ketones (excluding diaryl/α,β-unsaturated/α-hetero) is 1. The predicted molar refractivity (Wildman–Crippen MR) is 56.4 cm³/mol. The number of pyridine rings is 1. The normalized spacial score (nSPS) is 9.62. The number of hydrogen-bond acceptors (Lipinski definition) is 5. The lowest BCUT2D eigenvalue weighted by Gasteiger charge is -2.02. The molecular weight excluding hydrogens is 210 g/mol. The van der Waals surface area contributed by atoms with Gasteiger partial charge in [-0.2, -0.15) is 0 Å². The van der Waals surface area contributed by atoms with E-state index < -0.39 is 5.97 Å². The minimum atomic E-state index is -0.525. The minimum absolute atomic E-state index is 0.262. The average molecular weight is 223 g/mol. The van der Waals surface area contributed by atoms with Gasteiger partial charge in [-0.25, -0.2) is 4.98 Å². The van der Waals surface area contributed by atoms with E-state index in [-0.39, 0.29) is 18.8 Å². The summed E-state index contributed by atoms with van der Waals surface area (Å²) in [6.45, 7) is 1.96. The second kappa shape index (κ2) is 5.85. The highest BCUT2D eigenvalue weighted by Crippen LogP contribution is 2.08. The molecule has 1 aromatic rings. The van der Waals surface area contributed by atoms with E-state index in [0.29, 0.717) is 11.4 Å². The molecule has 0 spiro atoms. The number of rotatable bonds is 5. The van der Waals surface area contributed by atoms with Crippen LogP contribution in [0.3, 0.4) is 0 Å². The van der Waals surface area contributed by atoms with Crippen LogP contribution in [0, 0.1) is 0 Å². The molecule has 0 saturated carbocycles. The summed E-state index contributed by atoms with van der Waals surface area (Å²) in [6, 6.07) is 3.13. The fourth-order valence-electron chi connectivity index (χ4n) is 1.11. The van der Waals surface area contributed by atoms with Crippen molar-refractivity contribution in [2.45, 2.75) is 13.3 Å². The summed E-state index contributed by atoms with van der Waals surface area (Å²) >= 11 is 0. The largest absolute Gasteiger partial charge is 0.481 e. The van der Waals surface area contributed by atoms with Crippen LogP contribution in [0.1, 0.15) is 23.7 Å². The maximum absolute atomic E-state index is 11.5. The number of hydrogen-bond donors (Lipinski definition) is 0. The number of ketones is 1. The fraction of sp³-hybridized carbons (Fsp3) is 0.364. The van der Waals surface area contributed by atoms with Crippen LogP contribution in [0.4, 0.5) is 0 Å². The van der Waals surface area contributed by atoms with Crippen LogP contribution in [0.25, 0.3) is 0 Å². The van der Waals surface area contributed by atoms with E-state index in [1.54, 1.807) is 19.1 Å². The Balaban J connectivity index is 2.62. The van der Waals surface area contributed by atoms with Gasteiger partial charge in [-0.3, -0.25) is 9.59 Å². The molecule has 0 N–H and O–H groups in total. The smallest absolute Gasteiger partial charge is 0.313 e. The number of nitrogens with zero attached hydrogens (tertiary/aromatic N) is 1. The van der Waals surface area contributed by atoms with Crippen molar-refractivity contribution in [3.8, 4) is 5.88 Å². The quantitative estimate of drug-likeness (QED) is 0.426. The number of esters is 1. The second-order valence-electron chi connectivity index (χ2n) is 2.99. The van der Waals surface area contributed by atoms with Crippen LogP contribution >= 0.6 is 0 Å². The lowest BCUT2D eigenvalue weighted by atomic mass is 10.1. The van der Waals surface area contributed by atoms with Crippen LogP contribution in [0.15, 0.2) is 18.3 Å². The monoisotopic (exact) mass is 223 g/mol. The third kappa shape index (κ3) is 3.34. The van der Waals surface area contributed by atoms with Gasteiger partial charge in [0.15, 0.2) is 5.78 Å². The zero-order valence-corrected chi connectivity index (χ0v) is 9.23. The van der Waals surface area contributed by atoms with E-state index in [1.807, 2.05) is 0 Å². The summed E-state index contributed by atoms with van der Waals surface area (Å²) in [4.78, 5) is 26.5. The molecule has 0 aliphatic carbocycles. The van der Waals surface area contributed by atoms with E-state index in [1.165, 1.54) is 13.3 Å². The Morgan fingerprint density at radius 2 is 2.12 bits per heavy atom. The van der Waals surface area contributed by atoms with Gasteiger partial charge in [-0.15, -0.1) is 0 Å². The lowest BCUT2D eigenvalue weighted by molar-refractivity contribution is -0.141. The first-order valence-electron chi connectivity index (χ1n) is 4.86. The summed E-state index contributed by atoms with van der Waals surface area (Å²) < 4.78 is 9.53. The number of ether oxygens (including phenoxy) is 2. The van der Waals surface area contributed by atoms with E-state index >= 15 is 0 Å². The first-order valence-corrected chi connectivity index (χ1v) is 4.86. The summed E-state index contributed by atoms with van der Waals surface area (Å²) in [5.74, 6) is -0.412. The van der Waals surface area contributed by atoms with Gasteiger partial charge in [-0.05, 0) is 13.0 Å². The van der Waals surface area contributed by atoms with Crippen molar-refractivity contribution in [1.82, 2.24) is 4.98 Å². The van der Waals surface area contributed by atoms with E-state index in [9.17, 15) is 9.59 Å². The van der Waals surface area contributed by atoms with Gasteiger partial charge >= 0.3 is 5.97 Å². The number of carbonyl (C=O) groups excluding carboxylic acids is 2. The van der Waals surface area contributed by atoms with Crippen molar-refractivity contribution in [2.75, 3.05) is 13.7 Å². The molecule has 0 radical (unpaired) electrons. The Bertz CT molecular complexity index is 372. The molecule has 0 unspecified atom stereocenters. The molecule has 0 aliphatic heterocycles. The van der Waals surface area contributed by atoms with Gasteiger partial charge in [0.05, 0.1) is 13.7 Å². The fourth-order valence-corrected chi connectivity index (χ4v) is 1.11. The molecule has 16 heavy (non-hydrogen) atoms. The van der Waals surface area contributed by atoms with Crippen LogP contribution in [0.2, 0.25) is 0 Å². The predicted octanol–water partition coefficient (Wildman–Crippen LogP) is 1.23. The molecule has 5 nitrogen and oxygen atoms in total. The molecule has 0 saturated heterocycles. The molecule has 1 aromatic heterocycles. The summed E-state index contributed by atoms with van der Waals surface area (Å²) in [5, 5.41) is 0. The Hall–Kier alpha value is -1.91. The third-order valence-electron chi connectivity index (χ3n) is 1.88. The van der Waals surface area contributed by atoms with Crippen molar-refractivity contribution in [3.63, 3.8) is 0 Å². The highest BCUT2D eigenvalue weighted by Gasteiger charge is 2.12. The van der Waals surface area contributed by atoms with Crippen molar-refractivity contribution in [1.29, 1.82) is 0 Å². The highest BCUT2D eigenvalue weighted by molar-refractivity contribution is 6.05. The highest BCUT2D eigenvalue weighted by atomic mass is 16.5. The molecule has 1 heterocycles. The van der Waals surface area contributed by atoms with Gasteiger partial charge in [0.25, 0.3) is 0 Å². The number of aromatic nitrogens is 1. The molecule has 0 aromatic carbocycles. The average Bonchev–Trinajstić information content (AvgIpc) is 2.29. The van der Waals surface area contributed by atoms with Crippen molar-refractivity contribution >= 4 is 11.8 Å². The van der Waals surface area contributed by atoms with Gasteiger partial charge in [0, 0.05) is 17.8 Å². The van der Waals surface area contributed by atoms with Crippen LogP contribution in [-0.2, 0) is 9.53 Å². The van der Waals surface area contributed by atoms with Gasteiger partial charge in [-0.1, -0.05) is 0 Å². The third-order valence-corrected chi connectivity index (χ3v) is 1.88. The maximum atomic E-state index is 11.5. The molecule has 0 amide bonds. The van der Waals surface area contributed by atoms with Crippen LogP contribution < -0.4 is 4.74 Å². The summed E-state index contributed by atoms with van der Waals surface area (Å²) in [7, 11) is 1.49. The Labute approximate surface area is 93.4 Å². The molecule has 0 aliphatic rings. The Morgan fingerprint density at radius 1 is 1.38 bits per heavy atom. The summed E-state index contributed by atoms with van der Waals surface area (Å²) in [6.07, 6.45) is 1.11. The Morgan fingerprint density at radius 3 is 2.62 bits per heavy atom.